The van der Waals surface area contributed by atoms with Crippen molar-refractivity contribution >= 4 is 39.0 Å². The lowest BCUT2D eigenvalue weighted by atomic mass is 10.1. The Bertz CT molecular complexity index is 964. The fourth-order valence-electron chi connectivity index (χ4n) is 2.30. The highest BCUT2D eigenvalue weighted by Crippen LogP contribution is 2.31. The molecule has 1 atom stereocenters. The third-order valence-corrected chi connectivity index (χ3v) is 4.26. The number of allylic oxidation sites excluding steroid dienone is 4. The Kier molecular flexibility index (Phi) is 7.73. The maximum absolute atomic E-state index is 11.4. The number of anilines is 1. The molecule has 0 amide bonds. The summed E-state index contributed by atoms with van der Waals surface area (Å²) < 4.78 is 11.4. The van der Waals surface area contributed by atoms with Gasteiger partial charge in [0.05, 0.1) is 24.2 Å². The van der Waals surface area contributed by atoms with Gasteiger partial charge in [0, 0.05) is 16.1 Å². The average molecular weight is 458 g/mol. The van der Waals surface area contributed by atoms with Gasteiger partial charge >= 0.3 is 5.97 Å². The summed E-state index contributed by atoms with van der Waals surface area (Å²) in [7, 11) is 1.52. The van der Waals surface area contributed by atoms with Gasteiger partial charge in [-0.25, -0.2) is 4.79 Å². The second-order valence-electron chi connectivity index (χ2n) is 5.84. The number of ether oxygens (including phenoxy) is 2. The highest BCUT2D eigenvalue weighted by atomic mass is 79.9. The Balaban J connectivity index is 0.000000313. The lowest BCUT2D eigenvalue weighted by molar-refractivity contribution is -0.145. The molecular weight excluding hydrogens is 438 g/mol. The van der Waals surface area contributed by atoms with Crippen LogP contribution in [-0.2, 0) is 4.79 Å². The van der Waals surface area contributed by atoms with Crippen LogP contribution in [0.3, 0.4) is 0 Å². The van der Waals surface area contributed by atoms with E-state index < -0.39 is 12.1 Å². The lowest BCUT2D eigenvalue weighted by Gasteiger charge is -2.17. The number of aliphatic carboxylic acids is 1. The maximum Gasteiger partial charge on any atom is 0.349 e. The molecule has 2 aromatic carbocycles. The number of hydrogen-bond donors (Lipinski definition) is 4. The molecule has 3 rings (SSSR count). The smallest absolute Gasteiger partial charge is 0.349 e. The first-order valence-electron chi connectivity index (χ1n) is 8.42. The number of hydrogen-bond acceptors (Lipinski definition) is 6. The zero-order valence-corrected chi connectivity index (χ0v) is 17.1. The number of carboxylic acids is 1. The second-order valence-corrected chi connectivity index (χ2v) is 6.76. The number of benzene rings is 2. The minimum atomic E-state index is -1.14. The van der Waals surface area contributed by atoms with E-state index in [1.807, 2.05) is 6.07 Å². The average Bonchev–Trinajstić information content (AvgIpc) is 2.69. The van der Waals surface area contributed by atoms with E-state index in [9.17, 15) is 9.90 Å². The van der Waals surface area contributed by atoms with Crippen LogP contribution >= 0.6 is 15.9 Å². The van der Waals surface area contributed by atoms with E-state index in [4.69, 9.17) is 26.0 Å². The number of nitrogens with two attached hydrogens (primary N) is 1. The van der Waals surface area contributed by atoms with Crippen molar-refractivity contribution in [2.45, 2.75) is 6.10 Å². The Morgan fingerprint density at radius 2 is 1.76 bits per heavy atom. The molecular formula is C21H20BrN3O4. The van der Waals surface area contributed by atoms with Crippen molar-refractivity contribution < 1.29 is 19.4 Å². The third-order valence-electron chi connectivity index (χ3n) is 3.76. The summed E-state index contributed by atoms with van der Waals surface area (Å²) in [4.78, 5) is 11.4. The first-order valence-corrected chi connectivity index (χ1v) is 9.21. The standard InChI is InChI=1S/C15H14BrNO4.C6H6N2/c1-20-11-5-6-13(12(17)8-11)21-14(15(18)19)9-3-2-4-10(16)7-9;7-5-3-1-2-4-6(5)8/h2-8,14H,17H2,1H3,(H,18,19);1-4,7-8H. The summed E-state index contributed by atoms with van der Waals surface area (Å²) in [5.41, 5.74) is 7.25. The Labute approximate surface area is 176 Å². The molecule has 0 radical (unpaired) electrons. The van der Waals surface area contributed by atoms with Crippen molar-refractivity contribution in [2.75, 3.05) is 12.8 Å². The molecule has 1 aliphatic carbocycles. The van der Waals surface area contributed by atoms with Crippen LogP contribution < -0.4 is 15.2 Å². The summed E-state index contributed by atoms with van der Waals surface area (Å²) in [6.45, 7) is 0. The molecule has 29 heavy (non-hydrogen) atoms. The van der Waals surface area contributed by atoms with Crippen molar-refractivity contribution in [1.82, 2.24) is 0 Å². The summed E-state index contributed by atoms with van der Waals surface area (Å²) >= 11 is 3.31. The summed E-state index contributed by atoms with van der Waals surface area (Å²) in [5.74, 6) is -0.222. The molecule has 0 aromatic heterocycles. The van der Waals surface area contributed by atoms with Crippen LogP contribution in [0.2, 0.25) is 0 Å². The van der Waals surface area contributed by atoms with Crippen LogP contribution in [0.1, 0.15) is 11.7 Å². The van der Waals surface area contributed by atoms with Crippen LogP contribution in [0, 0.1) is 10.8 Å². The number of halogens is 1. The molecule has 2 aromatic rings. The molecule has 0 saturated heterocycles. The largest absolute Gasteiger partial charge is 0.497 e. The molecule has 0 heterocycles. The van der Waals surface area contributed by atoms with Crippen LogP contribution in [0.5, 0.6) is 11.5 Å². The lowest BCUT2D eigenvalue weighted by Crippen LogP contribution is -2.18. The number of carboxylic acid groups (broad SMARTS) is 1. The van der Waals surface area contributed by atoms with Crippen molar-refractivity contribution in [2.24, 2.45) is 0 Å². The van der Waals surface area contributed by atoms with Crippen molar-refractivity contribution in [3.8, 4) is 11.5 Å². The van der Waals surface area contributed by atoms with Crippen molar-refractivity contribution in [3.63, 3.8) is 0 Å². The summed E-state index contributed by atoms with van der Waals surface area (Å²) in [5, 5.41) is 23.4. The summed E-state index contributed by atoms with van der Waals surface area (Å²) in [6, 6.07) is 11.8. The third kappa shape index (κ3) is 6.32. The minimum absolute atomic E-state index is 0.285. The van der Waals surface area contributed by atoms with Gasteiger partial charge in [-0.15, -0.1) is 0 Å². The van der Waals surface area contributed by atoms with Gasteiger partial charge in [-0.2, -0.15) is 0 Å². The van der Waals surface area contributed by atoms with E-state index >= 15 is 0 Å². The minimum Gasteiger partial charge on any atom is -0.497 e. The first kappa shape index (κ1) is 21.9. The zero-order valence-electron chi connectivity index (χ0n) is 15.6. The van der Waals surface area contributed by atoms with Crippen LogP contribution in [0.15, 0.2) is 71.2 Å². The van der Waals surface area contributed by atoms with Crippen molar-refractivity contribution in [3.05, 3.63) is 76.8 Å². The molecule has 8 heteroatoms. The SMILES string of the molecule is COc1ccc(OC(C(=O)O)c2cccc(Br)c2)c(N)c1.N=C1C=CC=CC1=N. The Hall–Kier alpha value is -3.39. The molecule has 0 bridgehead atoms. The molecule has 0 spiro atoms. The predicted octanol–water partition coefficient (Wildman–Crippen LogP) is 4.40. The molecule has 7 nitrogen and oxygen atoms in total. The van der Waals surface area contributed by atoms with E-state index in [-0.39, 0.29) is 11.4 Å². The normalized spacial score (nSPS) is 13.3. The fourth-order valence-corrected chi connectivity index (χ4v) is 2.72. The Morgan fingerprint density at radius 1 is 1.10 bits per heavy atom. The van der Waals surface area contributed by atoms with Crippen LogP contribution in [-0.4, -0.2) is 29.6 Å². The fraction of sp³-hybridized carbons (Fsp3) is 0.0952. The first-order chi connectivity index (χ1) is 13.8. The van der Waals surface area contributed by atoms with Gasteiger partial charge in [-0.05, 0) is 36.4 Å². The monoisotopic (exact) mass is 457 g/mol. The topological polar surface area (TPSA) is 129 Å². The van der Waals surface area contributed by atoms with Crippen LogP contribution in [0.4, 0.5) is 5.69 Å². The maximum atomic E-state index is 11.4. The molecule has 1 aliphatic rings. The quantitative estimate of drug-likeness (QED) is 0.390. The molecule has 0 saturated carbocycles. The predicted molar refractivity (Wildman–Crippen MR) is 116 cm³/mol. The van der Waals surface area contributed by atoms with E-state index in [1.165, 1.54) is 7.11 Å². The van der Waals surface area contributed by atoms with Gasteiger partial charge < -0.3 is 20.3 Å². The highest BCUT2D eigenvalue weighted by molar-refractivity contribution is 9.10. The van der Waals surface area contributed by atoms with Gasteiger partial charge in [0.1, 0.15) is 11.5 Å². The summed E-state index contributed by atoms with van der Waals surface area (Å²) in [6.07, 6.45) is 5.56. The van der Waals surface area contributed by atoms with E-state index in [2.05, 4.69) is 15.9 Å². The van der Waals surface area contributed by atoms with Crippen molar-refractivity contribution in [1.29, 1.82) is 10.8 Å². The molecule has 0 fully saturated rings. The molecule has 150 valence electrons. The van der Waals surface area contributed by atoms with Gasteiger partial charge in [-0.3, -0.25) is 10.8 Å². The number of carbonyl (C=O) groups is 1. The van der Waals surface area contributed by atoms with E-state index in [0.717, 1.165) is 4.47 Å². The van der Waals surface area contributed by atoms with Gasteiger partial charge in [0.25, 0.3) is 0 Å². The van der Waals surface area contributed by atoms with Gasteiger partial charge in [0.15, 0.2) is 0 Å². The molecule has 0 aliphatic heterocycles. The number of rotatable bonds is 5. The second kappa shape index (κ2) is 10.2. The number of nitrogens with one attached hydrogen (secondary N) is 2. The molecule has 5 N–H and O–H groups in total. The number of methoxy groups -OCH3 is 1. The van der Waals surface area contributed by atoms with Gasteiger partial charge in [0.2, 0.25) is 6.10 Å². The van der Waals surface area contributed by atoms with Gasteiger partial charge in [-0.1, -0.05) is 40.2 Å². The van der Waals surface area contributed by atoms with E-state index in [0.29, 0.717) is 22.7 Å². The highest BCUT2D eigenvalue weighted by Gasteiger charge is 2.23. The Morgan fingerprint density at radius 3 is 2.24 bits per heavy atom. The molecule has 1 unspecified atom stereocenters. The number of nitrogen functional groups attached to an aromatic ring is 1. The van der Waals surface area contributed by atoms with E-state index in [1.54, 1.807) is 60.7 Å². The zero-order chi connectivity index (χ0) is 21.4. The van der Waals surface area contributed by atoms with Crippen LogP contribution in [0.25, 0.3) is 0 Å².